The largest absolute Gasteiger partial charge is 0.497 e. The van der Waals surface area contributed by atoms with Gasteiger partial charge in [-0.3, -0.25) is 0 Å². The van der Waals surface area contributed by atoms with E-state index < -0.39 is 20.7 Å². The van der Waals surface area contributed by atoms with E-state index in [4.69, 9.17) is 32.7 Å². The molecular formula is C28H28Cl2FN5O4S2. The molecule has 1 fully saturated rings. The van der Waals surface area contributed by atoms with Gasteiger partial charge in [-0.15, -0.1) is 0 Å². The first-order valence-corrected chi connectivity index (χ1v) is 15.9. The quantitative estimate of drug-likeness (QED) is 0.194. The predicted octanol–water partition coefficient (Wildman–Crippen LogP) is 6.61. The molecule has 1 saturated heterocycles. The maximum atomic E-state index is 15.6. The zero-order chi connectivity index (χ0) is 29.9. The lowest BCUT2D eigenvalue weighted by molar-refractivity contribution is 0.391. The first-order valence-electron chi connectivity index (χ1n) is 13.0. The first kappa shape index (κ1) is 30.1. The average Bonchev–Trinajstić information content (AvgIpc) is 3.71. The number of anilines is 3. The van der Waals surface area contributed by atoms with Crippen molar-refractivity contribution in [1.82, 2.24) is 9.36 Å². The van der Waals surface area contributed by atoms with Crippen molar-refractivity contribution in [2.24, 2.45) is 0 Å². The van der Waals surface area contributed by atoms with Gasteiger partial charge in [0.15, 0.2) is 0 Å². The molecule has 5 rings (SSSR count). The highest BCUT2D eigenvalue weighted by Crippen LogP contribution is 2.36. The number of sulfonamides is 1. The minimum Gasteiger partial charge on any atom is -0.497 e. The van der Waals surface area contributed by atoms with Crippen LogP contribution in [-0.4, -0.2) is 45.1 Å². The minimum atomic E-state index is -4.48. The summed E-state index contributed by atoms with van der Waals surface area (Å²) in [7, 11) is -1.50. The molecule has 0 spiro atoms. The van der Waals surface area contributed by atoms with Crippen molar-refractivity contribution in [1.29, 1.82) is 0 Å². The fraction of sp³-hybridized carbons (Fsp3) is 0.286. The molecule has 1 aliphatic rings. The number of hydrogen-bond acceptors (Lipinski definition) is 9. The molecule has 0 atom stereocenters. The van der Waals surface area contributed by atoms with Gasteiger partial charge in [-0.2, -0.15) is 4.37 Å². The SMILES string of the molecule is COc1ccc(CN(c2ncns2)S(=O)(=O)c2cc(Cl)c(NCc3ccc(Cl)cc3N3CCCC3)cc2F)c(OC)c1. The Kier molecular flexibility index (Phi) is 9.26. The van der Waals surface area contributed by atoms with Gasteiger partial charge in [-0.25, -0.2) is 22.1 Å². The zero-order valence-corrected chi connectivity index (χ0v) is 26.0. The molecule has 1 aliphatic heterocycles. The van der Waals surface area contributed by atoms with Crippen LogP contribution in [-0.2, 0) is 23.1 Å². The zero-order valence-electron chi connectivity index (χ0n) is 22.8. The summed E-state index contributed by atoms with van der Waals surface area (Å²) in [6.45, 7) is 2.01. The van der Waals surface area contributed by atoms with Gasteiger partial charge < -0.3 is 19.7 Å². The van der Waals surface area contributed by atoms with E-state index in [-0.39, 0.29) is 22.4 Å². The van der Waals surface area contributed by atoms with Crippen LogP contribution in [0.5, 0.6) is 11.5 Å². The summed E-state index contributed by atoms with van der Waals surface area (Å²) in [5.74, 6) is -0.0328. The van der Waals surface area contributed by atoms with Crippen LogP contribution in [0.1, 0.15) is 24.0 Å². The Hall–Kier alpha value is -3.32. The maximum Gasteiger partial charge on any atom is 0.269 e. The second kappa shape index (κ2) is 12.9. The van der Waals surface area contributed by atoms with Crippen LogP contribution in [0.3, 0.4) is 0 Å². The molecule has 2 heterocycles. The van der Waals surface area contributed by atoms with Crippen LogP contribution >= 0.6 is 34.7 Å². The fourth-order valence-corrected chi connectivity index (χ4v) is 7.45. The third-order valence-corrected chi connectivity index (χ3v) is 10.0. The van der Waals surface area contributed by atoms with E-state index in [2.05, 4.69) is 19.6 Å². The molecule has 9 nitrogen and oxygen atoms in total. The molecule has 0 bridgehead atoms. The van der Waals surface area contributed by atoms with Crippen LogP contribution < -0.4 is 24.0 Å². The average molecular weight is 653 g/mol. The third-order valence-electron chi connectivity index (χ3n) is 6.92. The molecular weight excluding hydrogens is 624 g/mol. The monoisotopic (exact) mass is 651 g/mol. The number of methoxy groups -OCH3 is 2. The summed E-state index contributed by atoms with van der Waals surface area (Å²) in [4.78, 5) is 5.75. The second-order valence-electron chi connectivity index (χ2n) is 9.50. The summed E-state index contributed by atoms with van der Waals surface area (Å²) in [6, 6.07) is 12.8. The van der Waals surface area contributed by atoms with Crippen molar-refractivity contribution in [3.63, 3.8) is 0 Å². The molecule has 14 heteroatoms. The van der Waals surface area contributed by atoms with Crippen LogP contribution in [0.2, 0.25) is 10.0 Å². The van der Waals surface area contributed by atoms with Crippen molar-refractivity contribution < 1.29 is 22.3 Å². The van der Waals surface area contributed by atoms with Gasteiger partial charge in [0.1, 0.15) is 28.5 Å². The number of nitrogens with one attached hydrogen (secondary N) is 1. The van der Waals surface area contributed by atoms with Crippen LogP contribution in [0.4, 0.5) is 20.9 Å². The lowest BCUT2D eigenvalue weighted by atomic mass is 10.1. The Morgan fingerprint density at radius 3 is 2.50 bits per heavy atom. The molecule has 0 saturated carbocycles. The van der Waals surface area contributed by atoms with Crippen molar-refractivity contribution in [3.05, 3.63) is 81.8 Å². The van der Waals surface area contributed by atoms with Gasteiger partial charge in [-0.05, 0) is 54.8 Å². The smallest absolute Gasteiger partial charge is 0.269 e. The van der Waals surface area contributed by atoms with E-state index in [9.17, 15) is 8.42 Å². The number of halogens is 3. The molecule has 3 aromatic carbocycles. The Morgan fingerprint density at radius 1 is 1.05 bits per heavy atom. The molecule has 1 N–H and O–H groups in total. The highest BCUT2D eigenvalue weighted by Gasteiger charge is 2.32. The molecule has 0 amide bonds. The topological polar surface area (TPSA) is 96.9 Å². The van der Waals surface area contributed by atoms with Gasteiger partial charge in [0.2, 0.25) is 5.13 Å². The van der Waals surface area contributed by atoms with Crippen molar-refractivity contribution in [2.75, 3.05) is 41.8 Å². The lowest BCUT2D eigenvalue weighted by Crippen LogP contribution is -2.31. The van der Waals surface area contributed by atoms with Crippen molar-refractivity contribution >= 4 is 61.3 Å². The standard InChI is InChI=1S/C28H28Cl2FN5O4S2/c1-39-21-8-6-19(26(12-21)40-2)16-36(28-33-17-34-41-28)42(37,38)27-13-22(30)24(14-23(27)31)32-15-18-5-7-20(29)11-25(18)35-9-3-4-10-35/h5-8,11-14,17,32H,3-4,9-10,15-16H2,1-2H3. The number of nitrogens with zero attached hydrogens (tertiary/aromatic N) is 4. The summed E-state index contributed by atoms with van der Waals surface area (Å²) >= 11 is 13.7. The van der Waals surface area contributed by atoms with Gasteiger partial charge >= 0.3 is 0 Å². The Morgan fingerprint density at radius 2 is 1.81 bits per heavy atom. The maximum absolute atomic E-state index is 15.6. The van der Waals surface area contributed by atoms with Gasteiger partial charge in [-0.1, -0.05) is 29.3 Å². The highest BCUT2D eigenvalue weighted by molar-refractivity contribution is 7.93. The number of rotatable bonds is 11. The van der Waals surface area contributed by atoms with E-state index in [1.165, 1.54) is 20.5 Å². The number of ether oxygens (including phenoxy) is 2. The number of aromatic nitrogens is 2. The predicted molar refractivity (Wildman–Crippen MR) is 164 cm³/mol. The van der Waals surface area contributed by atoms with E-state index in [1.54, 1.807) is 24.3 Å². The summed E-state index contributed by atoms with van der Waals surface area (Å²) in [5, 5.41) is 3.89. The molecule has 1 aromatic heterocycles. The van der Waals surface area contributed by atoms with E-state index in [1.807, 2.05) is 12.1 Å². The number of benzene rings is 3. The van der Waals surface area contributed by atoms with Crippen molar-refractivity contribution in [2.45, 2.75) is 30.8 Å². The second-order valence-corrected chi connectivity index (χ2v) is 12.9. The summed E-state index contributed by atoms with van der Waals surface area (Å²) in [5.41, 5.74) is 2.74. The number of hydrogen-bond donors (Lipinski definition) is 1. The molecule has 0 unspecified atom stereocenters. The minimum absolute atomic E-state index is 0.0471. The lowest BCUT2D eigenvalue weighted by Gasteiger charge is -2.24. The summed E-state index contributed by atoms with van der Waals surface area (Å²) < 4.78 is 59.0. The van der Waals surface area contributed by atoms with Gasteiger partial charge in [0.25, 0.3) is 10.0 Å². The van der Waals surface area contributed by atoms with Crippen LogP contribution in [0.25, 0.3) is 0 Å². The molecule has 222 valence electrons. The fourth-order valence-electron chi connectivity index (χ4n) is 4.78. The normalized spacial score (nSPS) is 13.3. The first-order chi connectivity index (χ1) is 20.2. The van der Waals surface area contributed by atoms with Crippen molar-refractivity contribution in [3.8, 4) is 11.5 Å². The molecule has 42 heavy (non-hydrogen) atoms. The Bertz CT molecular complexity index is 1670. The third kappa shape index (κ3) is 6.36. The summed E-state index contributed by atoms with van der Waals surface area (Å²) in [6.07, 6.45) is 3.44. The van der Waals surface area contributed by atoms with Gasteiger partial charge in [0.05, 0.1) is 31.5 Å². The van der Waals surface area contributed by atoms with Gasteiger partial charge in [0, 0.05) is 53.5 Å². The van der Waals surface area contributed by atoms with Crippen LogP contribution in [0.15, 0.2) is 59.8 Å². The Balaban J connectivity index is 1.44. The van der Waals surface area contributed by atoms with E-state index in [0.717, 1.165) is 65.2 Å². The van der Waals surface area contributed by atoms with E-state index >= 15 is 4.39 Å². The molecule has 0 radical (unpaired) electrons. The Labute approximate surface area is 258 Å². The van der Waals surface area contributed by atoms with E-state index in [0.29, 0.717) is 28.6 Å². The highest BCUT2D eigenvalue weighted by atomic mass is 35.5. The molecule has 0 aliphatic carbocycles. The van der Waals surface area contributed by atoms with Crippen LogP contribution in [0, 0.1) is 5.82 Å². The molecule has 4 aromatic rings.